The van der Waals surface area contributed by atoms with Crippen LogP contribution in [0.5, 0.6) is 11.5 Å². The van der Waals surface area contributed by atoms with E-state index in [9.17, 15) is 10.1 Å². The Labute approximate surface area is 191 Å². The van der Waals surface area contributed by atoms with Gasteiger partial charge in [-0.15, -0.1) is 6.42 Å². The summed E-state index contributed by atoms with van der Waals surface area (Å²) in [6.45, 7) is 2.64. The molecule has 0 fully saturated rings. The number of hydrogen-bond donors (Lipinski definition) is 2. The number of hydrogen-bond acceptors (Lipinski definition) is 4. The van der Waals surface area contributed by atoms with Crippen molar-refractivity contribution in [1.82, 2.24) is 10.3 Å². The molecule has 6 nitrogen and oxygen atoms in total. The van der Waals surface area contributed by atoms with E-state index in [0.717, 1.165) is 16.5 Å². The molecule has 0 bridgehead atoms. The minimum absolute atomic E-state index is 0.0389. The van der Waals surface area contributed by atoms with Crippen LogP contribution in [0.15, 0.2) is 48.2 Å². The molecule has 1 heterocycles. The van der Waals surface area contributed by atoms with E-state index in [2.05, 4.69) is 16.2 Å². The molecular weight excluding hydrogens is 426 g/mol. The van der Waals surface area contributed by atoms with E-state index in [0.29, 0.717) is 36.6 Å². The smallest absolute Gasteiger partial charge is 0.261 e. The zero-order valence-corrected chi connectivity index (χ0v) is 18.3. The van der Waals surface area contributed by atoms with E-state index in [1.807, 2.05) is 43.5 Å². The van der Waals surface area contributed by atoms with Crippen molar-refractivity contribution < 1.29 is 14.3 Å². The number of carbonyl (C=O) groups is 1. The summed E-state index contributed by atoms with van der Waals surface area (Å²) >= 11 is 6.31. The van der Waals surface area contributed by atoms with Gasteiger partial charge in [0.05, 0.1) is 11.6 Å². The molecule has 0 radical (unpaired) electrons. The number of nitriles is 1. The topological polar surface area (TPSA) is 87.1 Å². The molecule has 2 aromatic carbocycles. The zero-order chi connectivity index (χ0) is 22.9. The minimum Gasteiger partial charge on any atom is -0.490 e. The third kappa shape index (κ3) is 5.43. The highest BCUT2D eigenvalue weighted by Crippen LogP contribution is 2.37. The summed E-state index contributed by atoms with van der Waals surface area (Å²) < 4.78 is 11.0. The van der Waals surface area contributed by atoms with Crippen molar-refractivity contribution in [2.45, 2.75) is 13.3 Å². The first kappa shape index (κ1) is 22.8. The lowest BCUT2D eigenvalue weighted by molar-refractivity contribution is -0.117. The first-order valence-corrected chi connectivity index (χ1v) is 10.4. The lowest BCUT2D eigenvalue weighted by Gasteiger charge is -2.13. The van der Waals surface area contributed by atoms with E-state index in [1.54, 1.807) is 12.1 Å². The van der Waals surface area contributed by atoms with Gasteiger partial charge in [-0.1, -0.05) is 35.7 Å². The molecule has 1 aromatic heterocycles. The number of fused-ring (bicyclic) bond motifs is 1. The lowest BCUT2D eigenvalue weighted by Crippen LogP contribution is -2.26. The number of benzene rings is 2. The van der Waals surface area contributed by atoms with E-state index < -0.39 is 5.91 Å². The molecule has 3 aromatic rings. The van der Waals surface area contributed by atoms with Crippen LogP contribution in [0, 0.1) is 23.7 Å². The maximum absolute atomic E-state index is 12.6. The predicted molar refractivity (Wildman–Crippen MR) is 126 cm³/mol. The molecule has 0 aliphatic carbocycles. The Morgan fingerprint density at radius 1 is 1.31 bits per heavy atom. The first-order chi connectivity index (χ1) is 15.6. The molecule has 0 atom stereocenters. The SMILES string of the molecule is C#CCOc1c(Cl)cc(/C=C(\C#N)C(=O)NCCc2c[nH]c3ccccc23)cc1OCC. The fourth-order valence-electron chi connectivity index (χ4n) is 3.25. The summed E-state index contributed by atoms with van der Waals surface area (Å²) in [6, 6.07) is 13.1. The number of halogens is 1. The summed E-state index contributed by atoms with van der Waals surface area (Å²) in [5.74, 6) is 2.62. The highest BCUT2D eigenvalue weighted by Gasteiger charge is 2.14. The Bertz CT molecular complexity index is 1230. The number of amides is 1. The van der Waals surface area contributed by atoms with Gasteiger partial charge in [0.25, 0.3) is 5.91 Å². The number of ether oxygens (including phenoxy) is 2. The number of terminal acetylenes is 1. The molecule has 0 spiro atoms. The van der Waals surface area contributed by atoms with Gasteiger partial charge in [0.15, 0.2) is 11.5 Å². The van der Waals surface area contributed by atoms with Gasteiger partial charge in [0.2, 0.25) is 0 Å². The quantitative estimate of drug-likeness (QED) is 0.287. The van der Waals surface area contributed by atoms with Gasteiger partial charge >= 0.3 is 0 Å². The van der Waals surface area contributed by atoms with Crippen molar-refractivity contribution in [2.75, 3.05) is 19.8 Å². The Morgan fingerprint density at radius 2 is 2.12 bits per heavy atom. The molecule has 0 unspecified atom stereocenters. The molecule has 0 saturated carbocycles. The lowest BCUT2D eigenvalue weighted by atomic mass is 10.1. The number of aromatic amines is 1. The molecule has 1 amide bonds. The Kier molecular flexibility index (Phi) is 7.80. The second-order valence-electron chi connectivity index (χ2n) is 6.79. The molecule has 7 heteroatoms. The average molecular weight is 448 g/mol. The van der Waals surface area contributed by atoms with Crippen molar-refractivity contribution in [3.8, 4) is 29.9 Å². The standard InChI is InChI=1S/C25H22ClN3O3/c1-3-11-32-24-21(26)13-17(14-23(24)31-4-2)12-19(15-27)25(30)28-10-9-18-16-29-22-8-6-5-7-20(18)22/h1,5-8,12-14,16,29H,4,9-11H2,2H3,(H,28,30)/b19-12+. The summed E-state index contributed by atoms with van der Waals surface area (Å²) in [7, 11) is 0. The van der Waals surface area contributed by atoms with Crippen LogP contribution in [-0.2, 0) is 11.2 Å². The Hall–Kier alpha value is -3.87. The van der Waals surface area contributed by atoms with Crippen molar-refractivity contribution >= 4 is 34.5 Å². The number of rotatable bonds is 9. The molecular formula is C25H22ClN3O3. The third-order valence-corrected chi connectivity index (χ3v) is 4.94. The van der Waals surface area contributed by atoms with Crippen LogP contribution in [0.4, 0.5) is 0 Å². The van der Waals surface area contributed by atoms with Crippen molar-refractivity contribution in [2.24, 2.45) is 0 Å². The number of nitrogens with one attached hydrogen (secondary N) is 2. The number of nitrogens with zero attached hydrogens (tertiary/aromatic N) is 1. The summed E-state index contributed by atoms with van der Waals surface area (Å²) in [4.78, 5) is 15.8. The minimum atomic E-state index is -0.464. The van der Waals surface area contributed by atoms with Gasteiger partial charge in [-0.2, -0.15) is 5.26 Å². The highest BCUT2D eigenvalue weighted by molar-refractivity contribution is 6.32. The van der Waals surface area contributed by atoms with Gasteiger partial charge in [-0.05, 0) is 48.7 Å². The van der Waals surface area contributed by atoms with E-state index >= 15 is 0 Å². The average Bonchev–Trinajstić information content (AvgIpc) is 3.20. The van der Waals surface area contributed by atoms with Gasteiger partial charge in [0, 0.05) is 23.6 Å². The summed E-state index contributed by atoms with van der Waals surface area (Å²) in [5, 5.41) is 13.7. The molecule has 32 heavy (non-hydrogen) atoms. The molecule has 2 N–H and O–H groups in total. The first-order valence-electron chi connectivity index (χ1n) is 10.0. The van der Waals surface area contributed by atoms with Crippen LogP contribution in [0.2, 0.25) is 5.02 Å². The van der Waals surface area contributed by atoms with Gasteiger partial charge in [-0.3, -0.25) is 4.79 Å². The molecule has 162 valence electrons. The number of carbonyl (C=O) groups excluding carboxylic acids is 1. The van der Waals surface area contributed by atoms with Crippen molar-refractivity contribution in [3.05, 3.63) is 64.3 Å². The summed E-state index contributed by atoms with van der Waals surface area (Å²) in [6.07, 6.45) is 9.27. The number of para-hydroxylation sites is 1. The fourth-order valence-corrected chi connectivity index (χ4v) is 3.52. The highest BCUT2D eigenvalue weighted by atomic mass is 35.5. The largest absolute Gasteiger partial charge is 0.490 e. The zero-order valence-electron chi connectivity index (χ0n) is 17.6. The predicted octanol–water partition coefficient (Wildman–Crippen LogP) is 4.50. The van der Waals surface area contributed by atoms with Crippen molar-refractivity contribution in [3.63, 3.8) is 0 Å². The Morgan fingerprint density at radius 3 is 2.88 bits per heavy atom. The van der Waals surface area contributed by atoms with Gasteiger partial charge in [-0.25, -0.2) is 0 Å². The number of aromatic nitrogens is 1. The van der Waals surface area contributed by atoms with Crippen LogP contribution in [0.25, 0.3) is 17.0 Å². The number of H-pyrrole nitrogens is 1. The maximum Gasteiger partial charge on any atom is 0.261 e. The third-order valence-electron chi connectivity index (χ3n) is 4.66. The van der Waals surface area contributed by atoms with Crippen molar-refractivity contribution in [1.29, 1.82) is 5.26 Å². The van der Waals surface area contributed by atoms with Crippen LogP contribution in [0.1, 0.15) is 18.1 Å². The summed E-state index contributed by atoms with van der Waals surface area (Å²) in [5.41, 5.74) is 2.64. The fraction of sp³-hybridized carbons (Fsp3) is 0.200. The van der Waals surface area contributed by atoms with E-state index in [4.69, 9.17) is 27.5 Å². The van der Waals surface area contributed by atoms with Crippen LogP contribution in [0.3, 0.4) is 0 Å². The maximum atomic E-state index is 12.6. The molecule has 0 aliphatic heterocycles. The van der Waals surface area contributed by atoms with Gasteiger partial charge < -0.3 is 19.8 Å². The molecule has 0 aliphatic rings. The van der Waals surface area contributed by atoms with Crippen LogP contribution in [-0.4, -0.2) is 30.6 Å². The molecule has 3 rings (SSSR count). The van der Waals surface area contributed by atoms with Crippen LogP contribution >= 0.6 is 11.6 Å². The normalized spacial score (nSPS) is 10.9. The Balaban J connectivity index is 1.72. The second-order valence-corrected chi connectivity index (χ2v) is 7.20. The van der Waals surface area contributed by atoms with Crippen LogP contribution < -0.4 is 14.8 Å². The second kappa shape index (κ2) is 10.9. The van der Waals surface area contributed by atoms with E-state index in [-0.39, 0.29) is 17.2 Å². The van der Waals surface area contributed by atoms with Gasteiger partial charge in [0.1, 0.15) is 18.2 Å². The van der Waals surface area contributed by atoms with E-state index in [1.165, 1.54) is 6.08 Å². The monoisotopic (exact) mass is 447 g/mol. The molecule has 0 saturated heterocycles.